The highest BCUT2D eigenvalue weighted by Gasteiger charge is 2.25. The number of likely N-dealkylation sites (N-methyl/N-ethyl adjacent to an activating group) is 1. The van der Waals surface area contributed by atoms with Crippen molar-refractivity contribution in [2.24, 2.45) is 7.05 Å². The van der Waals surface area contributed by atoms with Crippen molar-refractivity contribution < 1.29 is 8.42 Å². The summed E-state index contributed by atoms with van der Waals surface area (Å²) in [5, 5.41) is 3.97. The molecule has 8 heteroatoms. The van der Waals surface area contributed by atoms with Crippen LogP contribution in [0.1, 0.15) is 5.56 Å². The fourth-order valence-electron chi connectivity index (χ4n) is 2.06. The summed E-state index contributed by atoms with van der Waals surface area (Å²) in [6.45, 7) is 1.44. The van der Waals surface area contributed by atoms with Gasteiger partial charge in [0.05, 0.1) is 6.20 Å². The number of hydrogen-bond donors (Lipinski definition) is 0. The number of benzene rings is 1. The van der Waals surface area contributed by atoms with E-state index in [0.717, 1.165) is 5.56 Å². The maximum absolute atomic E-state index is 12.8. The number of halogens is 1. The van der Waals surface area contributed by atoms with Crippen molar-refractivity contribution in [1.82, 2.24) is 19.0 Å². The second-order valence-electron chi connectivity index (χ2n) is 5.48. The molecular formula is C15H23ClN4O2S. The van der Waals surface area contributed by atoms with Crippen LogP contribution < -0.4 is 0 Å². The van der Waals surface area contributed by atoms with Crippen LogP contribution in [0.2, 0.25) is 0 Å². The smallest absolute Gasteiger partial charge is 0.246 e. The molecule has 2 rings (SSSR count). The monoisotopic (exact) mass is 358 g/mol. The Morgan fingerprint density at radius 3 is 2.30 bits per heavy atom. The average Bonchev–Trinajstić information content (AvgIpc) is 2.91. The van der Waals surface area contributed by atoms with Crippen molar-refractivity contribution in [3.05, 3.63) is 48.3 Å². The summed E-state index contributed by atoms with van der Waals surface area (Å²) in [6, 6.07) is 9.61. The molecule has 6 nitrogen and oxygen atoms in total. The molecule has 1 heterocycles. The van der Waals surface area contributed by atoms with Crippen molar-refractivity contribution >= 4 is 22.4 Å². The lowest BCUT2D eigenvalue weighted by atomic mass is 10.2. The molecule has 0 bridgehead atoms. The normalized spacial score (nSPS) is 11.7. The minimum absolute atomic E-state index is 0. The molecule has 128 valence electrons. The first kappa shape index (κ1) is 19.6. The molecule has 0 unspecified atom stereocenters. The predicted molar refractivity (Wildman–Crippen MR) is 93.0 cm³/mol. The maximum atomic E-state index is 12.8. The van der Waals surface area contributed by atoms with Gasteiger partial charge >= 0.3 is 0 Å². The summed E-state index contributed by atoms with van der Waals surface area (Å²) in [5.41, 5.74) is 0.966. The van der Waals surface area contributed by atoms with E-state index in [2.05, 4.69) is 5.10 Å². The molecule has 0 saturated carbocycles. The van der Waals surface area contributed by atoms with Crippen LogP contribution >= 0.6 is 12.4 Å². The van der Waals surface area contributed by atoms with Crippen molar-refractivity contribution in [1.29, 1.82) is 0 Å². The lowest BCUT2D eigenvalue weighted by Crippen LogP contribution is -2.36. The number of aryl methyl sites for hydroxylation is 1. The first-order valence-electron chi connectivity index (χ1n) is 7.07. The topological polar surface area (TPSA) is 58.4 Å². The lowest BCUT2D eigenvalue weighted by Gasteiger charge is -2.23. The fourth-order valence-corrected chi connectivity index (χ4v) is 3.47. The van der Waals surface area contributed by atoms with E-state index in [9.17, 15) is 8.42 Å². The quantitative estimate of drug-likeness (QED) is 0.754. The highest BCUT2D eigenvalue weighted by molar-refractivity contribution is 7.89. The van der Waals surface area contributed by atoms with Crippen molar-refractivity contribution in [2.45, 2.75) is 11.4 Å². The van der Waals surface area contributed by atoms with Gasteiger partial charge in [0.25, 0.3) is 0 Å². The average molecular weight is 359 g/mol. The third kappa shape index (κ3) is 5.31. The summed E-state index contributed by atoms with van der Waals surface area (Å²) in [7, 11) is 2.01. The van der Waals surface area contributed by atoms with E-state index in [4.69, 9.17) is 0 Å². The van der Waals surface area contributed by atoms with E-state index >= 15 is 0 Å². The molecule has 1 aromatic carbocycles. The minimum atomic E-state index is -3.55. The van der Waals surface area contributed by atoms with Gasteiger partial charge in [-0.3, -0.25) is 4.68 Å². The van der Waals surface area contributed by atoms with Crippen LogP contribution in [0.15, 0.2) is 47.6 Å². The van der Waals surface area contributed by atoms with Gasteiger partial charge in [0, 0.05) is 32.9 Å². The van der Waals surface area contributed by atoms with Crippen molar-refractivity contribution in [2.75, 3.05) is 27.2 Å². The van der Waals surface area contributed by atoms with Crippen LogP contribution in [0.25, 0.3) is 0 Å². The highest BCUT2D eigenvalue weighted by atomic mass is 35.5. The zero-order chi connectivity index (χ0) is 16.2. The summed E-state index contributed by atoms with van der Waals surface area (Å²) >= 11 is 0. The third-order valence-corrected chi connectivity index (χ3v) is 5.12. The van der Waals surface area contributed by atoms with Crippen LogP contribution in [0.3, 0.4) is 0 Å². The first-order valence-corrected chi connectivity index (χ1v) is 8.51. The third-order valence-electron chi connectivity index (χ3n) is 3.32. The standard InChI is InChI=1S/C15H22N4O2S.ClH/c1-17(2)9-10-19(12-14-7-5-4-6-8-14)22(20,21)15-11-16-18(3)13-15;/h4-8,11,13H,9-10,12H2,1-3H3;1H. The van der Waals surface area contributed by atoms with Gasteiger partial charge in [0.15, 0.2) is 0 Å². The summed E-state index contributed by atoms with van der Waals surface area (Å²) < 4.78 is 28.6. The Balaban J connectivity index is 0.00000264. The fraction of sp³-hybridized carbons (Fsp3) is 0.400. The van der Waals surface area contributed by atoms with Crippen LogP contribution in [-0.4, -0.2) is 54.6 Å². The molecular weight excluding hydrogens is 336 g/mol. The van der Waals surface area contributed by atoms with Gasteiger partial charge in [0.2, 0.25) is 10.0 Å². The zero-order valence-corrected chi connectivity index (χ0v) is 15.2. The van der Waals surface area contributed by atoms with Gasteiger partial charge in [-0.2, -0.15) is 9.40 Å². The molecule has 0 amide bonds. The molecule has 0 aliphatic heterocycles. The molecule has 0 aliphatic rings. The van der Waals surface area contributed by atoms with Crippen molar-refractivity contribution in [3.8, 4) is 0 Å². The second kappa shape index (κ2) is 8.44. The summed E-state index contributed by atoms with van der Waals surface area (Å²) in [6.07, 6.45) is 2.92. The van der Waals surface area contributed by atoms with Crippen LogP contribution in [-0.2, 0) is 23.6 Å². The summed E-state index contributed by atoms with van der Waals surface area (Å²) in [5.74, 6) is 0. The maximum Gasteiger partial charge on any atom is 0.246 e. The van der Waals surface area contributed by atoms with E-state index in [1.807, 2.05) is 49.3 Å². The number of rotatable bonds is 7. The van der Waals surface area contributed by atoms with Gasteiger partial charge < -0.3 is 4.90 Å². The summed E-state index contributed by atoms with van der Waals surface area (Å²) in [4.78, 5) is 2.20. The first-order chi connectivity index (χ1) is 10.4. The molecule has 0 saturated heterocycles. The SMILES string of the molecule is CN(C)CCN(Cc1ccccc1)S(=O)(=O)c1cnn(C)c1.Cl. The molecule has 1 aromatic heterocycles. The molecule has 0 aliphatic carbocycles. The highest BCUT2D eigenvalue weighted by Crippen LogP contribution is 2.17. The second-order valence-corrected chi connectivity index (χ2v) is 7.42. The van der Waals surface area contributed by atoms with Gasteiger partial charge in [-0.25, -0.2) is 8.42 Å². The Morgan fingerprint density at radius 1 is 1.13 bits per heavy atom. The zero-order valence-electron chi connectivity index (χ0n) is 13.6. The van der Waals surface area contributed by atoms with E-state index in [1.165, 1.54) is 21.4 Å². The number of hydrogen-bond acceptors (Lipinski definition) is 4. The molecule has 0 fully saturated rings. The Kier molecular flexibility index (Phi) is 7.21. The van der Waals surface area contributed by atoms with Gasteiger partial charge in [-0.15, -0.1) is 12.4 Å². The van der Waals surface area contributed by atoms with E-state index in [-0.39, 0.29) is 17.3 Å². The lowest BCUT2D eigenvalue weighted by molar-refractivity contribution is 0.329. The van der Waals surface area contributed by atoms with Crippen LogP contribution in [0, 0.1) is 0 Å². The van der Waals surface area contributed by atoms with Crippen molar-refractivity contribution in [3.63, 3.8) is 0 Å². The van der Waals surface area contributed by atoms with Crippen LogP contribution in [0.5, 0.6) is 0 Å². The molecule has 0 N–H and O–H groups in total. The van der Waals surface area contributed by atoms with E-state index in [0.29, 0.717) is 19.6 Å². The molecule has 0 spiro atoms. The number of sulfonamides is 1. The minimum Gasteiger partial charge on any atom is -0.308 e. The van der Waals surface area contributed by atoms with Gasteiger partial charge in [-0.05, 0) is 19.7 Å². The largest absolute Gasteiger partial charge is 0.308 e. The Bertz CT molecular complexity index is 701. The molecule has 0 radical (unpaired) electrons. The molecule has 2 aromatic rings. The Hall–Kier alpha value is -1.41. The molecule has 0 atom stereocenters. The van der Waals surface area contributed by atoms with E-state index in [1.54, 1.807) is 7.05 Å². The molecule has 23 heavy (non-hydrogen) atoms. The Morgan fingerprint density at radius 2 is 1.78 bits per heavy atom. The van der Waals surface area contributed by atoms with E-state index < -0.39 is 10.0 Å². The number of nitrogens with zero attached hydrogens (tertiary/aromatic N) is 4. The van der Waals surface area contributed by atoms with Gasteiger partial charge in [0.1, 0.15) is 4.90 Å². The predicted octanol–water partition coefficient (Wildman–Crippen LogP) is 1.59. The Labute approximate surface area is 144 Å². The number of aromatic nitrogens is 2. The van der Waals surface area contributed by atoms with Crippen LogP contribution in [0.4, 0.5) is 0 Å². The van der Waals surface area contributed by atoms with Gasteiger partial charge in [-0.1, -0.05) is 30.3 Å².